The summed E-state index contributed by atoms with van der Waals surface area (Å²) in [4.78, 5) is 27.8. The lowest BCUT2D eigenvalue weighted by Gasteiger charge is -2.58. The van der Waals surface area contributed by atoms with Crippen molar-refractivity contribution in [1.82, 2.24) is 9.47 Å². The average Bonchev–Trinajstić information content (AvgIpc) is 2.98. The second-order valence-electron chi connectivity index (χ2n) is 7.38. The molecule has 1 spiro atoms. The third kappa shape index (κ3) is 2.34. The molecule has 3 rings (SSSR count). The summed E-state index contributed by atoms with van der Waals surface area (Å²) < 4.78 is 1.64. The molecule has 1 aliphatic heterocycles. The molecule has 1 aliphatic carbocycles. The van der Waals surface area contributed by atoms with Gasteiger partial charge in [0.15, 0.2) is 0 Å². The van der Waals surface area contributed by atoms with E-state index in [0.717, 1.165) is 17.1 Å². The fourth-order valence-corrected chi connectivity index (χ4v) is 5.42. The summed E-state index contributed by atoms with van der Waals surface area (Å²) in [6.07, 6.45) is 5.12. The summed E-state index contributed by atoms with van der Waals surface area (Å²) in [5.74, 6) is 0.594. The highest BCUT2D eigenvalue weighted by Crippen LogP contribution is 2.52. The predicted octanol–water partition coefficient (Wildman–Crippen LogP) is 2.95. The Kier molecular flexibility index (Phi) is 3.96. The standard InChI is InChI=1S/C17H26N2O2S/c1-11(2)15-17(7-5-6-8-17)10-19(15)14(20)9-18-12(3)13(4)22-16(18)21/h11,15H,5-10H2,1-4H3/t15-/m1/s1. The van der Waals surface area contributed by atoms with E-state index < -0.39 is 0 Å². The first-order chi connectivity index (χ1) is 10.4. The third-order valence-electron chi connectivity index (χ3n) is 5.67. The van der Waals surface area contributed by atoms with Crippen molar-refractivity contribution < 1.29 is 4.79 Å². The number of carbonyl (C=O) groups is 1. The minimum atomic E-state index is -0.0134. The largest absolute Gasteiger partial charge is 0.337 e. The summed E-state index contributed by atoms with van der Waals surface area (Å²) in [6, 6.07) is 0.359. The second kappa shape index (κ2) is 5.52. The Morgan fingerprint density at radius 2 is 1.95 bits per heavy atom. The Hall–Kier alpha value is -1.10. The Balaban J connectivity index is 1.77. The van der Waals surface area contributed by atoms with Gasteiger partial charge in [0, 0.05) is 28.6 Å². The number of nitrogens with zero attached hydrogens (tertiary/aromatic N) is 2. The van der Waals surface area contributed by atoms with Crippen LogP contribution in [0.2, 0.25) is 0 Å². The van der Waals surface area contributed by atoms with Crippen molar-refractivity contribution in [2.24, 2.45) is 11.3 Å². The van der Waals surface area contributed by atoms with Crippen LogP contribution >= 0.6 is 11.3 Å². The number of hydrogen-bond donors (Lipinski definition) is 0. The quantitative estimate of drug-likeness (QED) is 0.858. The minimum Gasteiger partial charge on any atom is -0.337 e. The van der Waals surface area contributed by atoms with Gasteiger partial charge in [-0.2, -0.15) is 0 Å². The fourth-order valence-electron chi connectivity index (χ4n) is 4.59. The van der Waals surface area contributed by atoms with E-state index in [1.54, 1.807) is 4.57 Å². The maximum atomic E-state index is 12.7. The molecule has 0 N–H and O–H groups in total. The van der Waals surface area contributed by atoms with Crippen LogP contribution in [0.3, 0.4) is 0 Å². The Morgan fingerprint density at radius 1 is 1.32 bits per heavy atom. The molecule has 1 aromatic rings. The lowest BCUT2D eigenvalue weighted by Crippen LogP contribution is -2.67. The van der Waals surface area contributed by atoms with Crippen molar-refractivity contribution >= 4 is 17.2 Å². The molecule has 4 nitrogen and oxygen atoms in total. The number of aryl methyl sites for hydroxylation is 1. The smallest absolute Gasteiger partial charge is 0.308 e. The molecule has 2 fully saturated rings. The Labute approximate surface area is 136 Å². The number of rotatable bonds is 3. The van der Waals surface area contributed by atoms with Crippen LogP contribution in [0.1, 0.15) is 50.1 Å². The molecule has 122 valence electrons. The van der Waals surface area contributed by atoms with Gasteiger partial charge in [-0.15, -0.1) is 0 Å². The molecule has 5 heteroatoms. The van der Waals surface area contributed by atoms with Crippen LogP contribution in [-0.2, 0) is 11.3 Å². The highest BCUT2D eigenvalue weighted by atomic mass is 32.1. The van der Waals surface area contributed by atoms with Gasteiger partial charge in [-0.05, 0) is 32.6 Å². The van der Waals surface area contributed by atoms with E-state index in [1.165, 1.54) is 37.0 Å². The van der Waals surface area contributed by atoms with Crippen LogP contribution in [0.5, 0.6) is 0 Å². The number of amides is 1. The van der Waals surface area contributed by atoms with Gasteiger partial charge in [0.05, 0.1) is 0 Å². The molecule has 0 aromatic carbocycles. The second-order valence-corrected chi connectivity index (χ2v) is 8.54. The van der Waals surface area contributed by atoms with Gasteiger partial charge in [0.2, 0.25) is 5.91 Å². The first kappa shape index (κ1) is 15.8. The van der Waals surface area contributed by atoms with Crippen LogP contribution < -0.4 is 4.87 Å². The molecular formula is C17H26N2O2S. The molecule has 2 aliphatic rings. The van der Waals surface area contributed by atoms with Gasteiger partial charge >= 0.3 is 4.87 Å². The molecular weight excluding hydrogens is 296 g/mol. The van der Waals surface area contributed by atoms with Crippen LogP contribution in [0.4, 0.5) is 0 Å². The maximum absolute atomic E-state index is 12.7. The van der Waals surface area contributed by atoms with Crippen LogP contribution in [-0.4, -0.2) is 28.0 Å². The number of aromatic nitrogens is 1. The maximum Gasteiger partial charge on any atom is 0.308 e. The molecule has 0 unspecified atom stereocenters. The zero-order valence-electron chi connectivity index (χ0n) is 14.0. The van der Waals surface area contributed by atoms with Crippen molar-refractivity contribution in [3.63, 3.8) is 0 Å². The van der Waals surface area contributed by atoms with E-state index in [4.69, 9.17) is 0 Å². The first-order valence-electron chi connectivity index (χ1n) is 8.32. The van der Waals surface area contributed by atoms with E-state index >= 15 is 0 Å². The summed E-state index contributed by atoms with van der Waals surface area (Å²) in [7, 11) is 0. The number of likely N-dealkylation sites (tertiary alicyclic amines) is 1. The highest BCUT2D eigenvalue weighted by Gasteiger charge is 2.55. The zero-order chi connectivity index (χ0) is 16.1. The van der Waals surface area contributed by atoms with Crippen molar-refractivity contribution in [2.75, 3.05) is 6.54 Å². The molecule has 1 amide bonds. The number of hydrogen-bond acceptors (Lipinski definition) is 3. The van der Waals surface area contributed by atoms with Crippen molar-refractivity contribution in [2.45, 2.75) is 66.0 Å². The Bertz CT molecular complexity index is 638. The van der Waals surface area contributed by atoms with E-state index in [1.807, 2.05) is 18.7 Å². The van der Waals surface area contributed by atoms with Gasteiger partial charge in [-0.25, -0.2) is 0 Å². The third-order valence-corrected chi connectivity index (χ3v) is 6.66. The summed E-state index contributed by atoms with van der Waals surface area (Å²) in [6.45, 7) is 9.40. The van der Waals surface area contributed by atoms with Crippen molar-refractivity contribution in [1.29, 1.82) is 0 Å². The van der Waals surface area contributed by atoms with E-state index in [-0.39, 0.29) is 17.3 Å². The Morgan fingerprint density at radius 3 is 2.45 bits per heavy atom. The van der Waals surface area contributed by atoms with Gasteiger partial charge in [0.25, 0.3) is 0 Å². The summed E-state index contributed by atoms with van der Waals surface area (Å²) in [5.41, 5.74) is 1.30. The molecule has 1 saturated carbocycles. The normalized spacial score (nSPS) is 23.3. The first-order valence-corrected chi connectivity index (χ1v) is 9.14. The molecule has 1 saturated heterocycles. The van der Waals surface area contributed by atoms with Gasteiger partial charge in [-0.3, -0.25) is 14.2 Å². The highest BCUT2D eigenvalue weighted by molar-refractivity contribution is 7.09. The molecule has 1 atom stereocenters. The van der Waals surface area contributed by atoms with Crippen LogP contribution in [0.15, 0.2) is 4.79 Å². The lowest BCUT2D eigenvalue weighted by atomic mass is 9.66. The van der Waals surface area contributed by atoms with Crippen molar-refractivity contribution in [3.8, 4) is 0 Å². The van der Waals surface area contributed by atoms with Crippen LogP contribution in [0, 0.1) is 25.2 Å². The van der Waals surface area contributed by atoms with Crippen LogP contribution in [0.25, 0.3) is 0 Å². The minimum absolute atomic E-state index is 0.0134. The average molecular weight is 322 g/mol. The van der Waals surface area contributed by atoms with Gasteiger partial charge in [-0.1, -0.05) is 38.0 Å². The SMILES string of the molecule is Cc1sc(=O)n(CC(=O)N2CC3(CCCC3)[C@H]2C(C)C)c1C. The lowest BCUT2D eigenvalue weighted by molar-refractivity contribution is -0.160. The fraction of sp³-hybridized carbons (Fsp3) is 0.765. The zero-order valence-corrected chi connectivity index (χ0v) is 14.8. The predicted molar refractivity (Wildman–Crippen MR) is 89.3 cm³/mol. The summed E-state index contributed by atoms with van der Waals surface area (Å²) in [5, 5.41) is 0. The molecule has 0 bridgehead atoms. The molecule has 0 radical (unpaired) electrons. The monoisotopic (exact) mass is 322 g/mol. The molecule has 1 aromatic heterocycles. The van der Waals surface area contributed by atoms with Crippen molar-refractivity contribution in [3.05, 3.63) is 20.2 Å². The van der Waals surface area contributed by atoms with Gasteiger partial charge in [0.1, 0.15) is 6.54 Å². The number of thiazole rings is 1. The molecule has 22 heavy (non-hydrogen) atoms. The summed E-state index contributed by atoms with van der Waals surface area (Å²) >= 11 is 1.24. The van der Waals surface area contributed by atoms with E-state index in [0.29, 0.717) is 17.4 Å². The van der Waals surface area contributed by atoms with E-state index in [2.05, 4.69) is 13.8 Å². The topological polar surface area (TPSA) is 42.3 Å². The molecule has 2 heterocycles. The van der Waals surface area contributed by atoms with Gasteiger partial charge < -0.3 is 4.90 Å². The number of carbonyl (C=O) groups excluding carboxylic acids is 1. The van der Waals surface area contributed by atoms with E-state index in [9.17, 15) is 9.59 Å².